The number of nitrogens with two attached hydrogens (primary N) is 1. The van der Waals surface area contributed by atoms with Crippen molar-refractivity contribution in [2.45, 2.75) is 4.90 Å². The van der Waals surface area contributed by atoms with Gasteiger partial charge < -0.3 is 16.2 Å². The second-order valence-electron chi connectivity index (χ2n) is 3.50. The zero-order chi connectivity index (χ0) is 13.8. The molecule has 0 amide bonds. The number of sulfonamides is 1. The molecule has 0 unspecified atom stereocenters. The van der Waals surface area contributed by atoms with Gasteiger partial charge in [-0.3, -0.25) is 0 Å². The van der Waals surface area contributed by atoms with Crippen LogP contribution in [0.4, 0.5) is 5.82 Å². The van der Waals surface area contributed by atoms with E-state index in [1.807, 2.05) is 0 Å². The van der Waals surface area contributed by atoms with Crippen LogP contribution in [0.25, 0.3) is 21.2 Å². The van der Waals surface area contributed by atoms with Crippen molar-refractivity contribution in [1.29, 1.82) is 0 Å². The first-order chi connectivity index (χ1) is 8.41. The maximum Gasteiger partial charge on any atom is 0.131 e. The molecule has 0 saturated heterocycles. The summed E-state index contributed by atoms with van der Waals surface area (Å²) in [5, 5.41) is 11.5. The molecular formula is C11H14N4O2SY-2. The largest absolute Gasteiger partial charge is 0.668 e. The molecule has 0 spiro atoms. The fourth-order valence-electron chi connectivity index (χ4n) is 1.44. The van der Waals surface area contributed by atoms with Crippen LogP contribution in [-0.2, 0) is 42.7 Å². The SMILES string of the molecule is C[N-]C.[NH-]S(=O)(=O)c1cccc2c(N)nccc12.[Y]. The molecule has 3 N–H and O–H groups in total. The van der Waals surface area contributed by atoms with Crippen molar-refractivity contribution in [1.82, 2.24) is 4.98 Å². The number of pyridine rings is 1. The number of nitrogens with zero attached hydrogens (tertiary/aromatic N) is 2. The van der Waals surface area contributed by atoms with Gasteiger partial charge >= 0.3 is 0 Å². The summed E-state index contributed by atoms with van der Waals surface area (Å²) in [4.78, 5) is 3.81. The molecule has 101 valence electrons. The Morgan fingerprint density at radius 2 is 1.79 bits per heavy atom. The minimum absolute atomic E-state index is 0. The van der Waals surface area contributed by atoms with E-state index in [4.69, 9.17) is 10.9 Å². The van der Waals surface area contributed by atoms with Crippen molar-refractivity contribution < 1.29 is 41.1 Å². The first-order valence-electron chi connectivity index (χ1n) is 5.02. The zero-order valence-electron chi connectivity index (χ0n) is 10.7. The summed E-state index contributed by atoms with van der Waals surface area (Å²) in [6, 6.07) is 6.13. The van der Waals surface area contributed by atoms with Crippen LogP contribution >= 0.6 is 0 Å². The topological polar surface area (TPSA) is 111 Å². The van der Waals surface area contributed by atoms with E-state index in [1.54, 1.807) is 26.2 Å². The molecule has 0 fully saturated rings. The van der Waals surface area contributed by atoms with Crippen molar-refractivity contribution in [2.24, 2.45) is 0 Å². The van der Waals surface area contributed by atoms with Gasteiger partial charge in [0.1, 0.15) is 5.82 Å². The van der Waals surface area contributed by atoms with Gasteiger partial charge in [-0.1, -0.05) is 12.1 Å². The third-order valence-corrected chi connectivity index (χ3v) is 3.02. The van der Waals surface area contributed by atoms with Crippen molar-refractivity contribution in [3.8, 4) is 0 Å². The third-order valence-electron chi connectivity index (χ3n) is 2.09. The van der Waals surface area contributed by atoms with Crippen LogP contribution in [0.1, 0.15) is 0 Å². The number of nitrogen functional groups attached to an aromatic ring is 1. The number of fused-ring (bicyclic) bond motifs is 1. The van der Waals surface area contributed by atoms with E-state index < -0.39 is 10.0 Å². The van der Waals surface area contributed by atoms with Gasteiger partial charge in [-0.05, 0) is 12.1 Å². The Kier molecular flexibility index (Phi) is 7.62. The normalized spacial score (nSPS) is 10.3. The molecule has 2 aromatic rings. The summed E-state index contributed by atoms with van der Waals surface area (Å²) in [5.41, 5.74) is 5.60. The number of hydrogen-bond acceptors (Lipinski definition) is 4. The van der Waals surface area contributed by atoms with Gasteiger partial charge in [0, 0.05) is 49.7 Å². The van der Waals surface area contributed by atoms with Gasteiger partial charge in [0.05, 0.1) is 14.9 Å². The molecule has 1 aromatic heterocycles. The van der Waals surface area contributed by atoms with E-state index >= 15 is 0 Å². The maximum absolute atomic E-state index is 11.2. The summed E-state index contributed by atoms with van der Waals surface area (Å²) in [5.74, 6) is 0.262. The number of benzene rings is 1. The predicted molar refractivity (Wildman–Crippen MR) is 72.9 cm³/mol. The van der Waals surface area contributed by atoms with E-state index in [2.05, 4.69) is 10.3 Å². The fraction of sp³-hybridized carbons (Fsp3) is 0.182. The first kappa shape index (κ1) is 18.4. The molecule has 19 heavy (non-hydrogen) atoms. The molecule has 0 bridgehead atoms. The number of aromatic nitrogens is 1. The molecule has 0 aliphatic carbocycles. The Bertz CT molecular complexity index is 646. The van der Waals surface area contributed by atoms with Gasteiger partial charge in [-0.25, -0.2) is 13.4 Å². The molecule has 6 nitrogen and oxygen atoms in total. The Morgan fingerprint density at radius 3 is 2.32 bits per heavy atom. The van der Waals surface area contributed by atoms with Gasteiger partial charge in [-0.15, -0.1) is 0 Å². The predicted octanol–water partition coefficient (Wildman–Crippen LogP) is 2.18. The Morgan fingerprint density at radius 1 is 1.21 bits per heavy atom. The second-order valence-corrected chi connectivity index (χ2v) is 4.94. The minimum Gasteiger partial charge on any atom is -0.668 e. The summed E-state index contributed by atoms with van der Waals surface area (Å²) in [6.07, 6.45) is 1.42. The summed E-state index contributed by atoms with van der Waals surface area (Å²) in [6.45, 7) is 0. The molecule has 8 heteroatoms. The molecule has 1 aromatic carbocycles. The van der Waals surface area contributed by atoms with Gasteiger partial charge in [0.25, 0.3) is 0 Å². The fourth-order valence-corrected chi connectivity index (χ4v) is 2.16. The number of nitrogens with one attached hydrogen (secondary N) is 1. The summed E-state index contributed by atoms with van der Waals surface area (Å²) < 4.78 is 22.3. The van der Waals surface area contributed by atoms with Crippen molar-refractivity contribution in [3.05, 3.63) is 40.9 Å². The van der Waals surface area contributed by atoms with E-state index in [9.17, 15) is 8.42 Å². The first-order valence-corrected chi connectivity index (χ1v) is 6.51. The minimum atomic E-state index is -3.98. The van der Waals surface area contributed by atoms with Crippen molar-refractivity contribution >= 4 is 26.6 Å². The molecular weight excluding hydrogens is 341 g/mol. The van der Waals surface area contributed by atoms with Crippen molar-refractivity contribution in [2.75, 3.05) is 19.8 Å². The number of rotatable bonds is 1. The Balaban J connectivity index is 0.000000742. The van der Waals surface area contributed by atoms with Crippen LogP contribution < -0.4 is 5.73 Å². The van der Waals surface area contributed by atoms with E-state index in [0.29, 0.717) is 10.8 Å². The van der Waals surface area contributed by atoms with Gasteiger partial charge in [-0.2, -0.15) is 14.1 Å². The van der Waals surface area contributed by atoms with Crippen LogP contribution in [0.2, 0.25) is 0 Å². The number of anilines is 1. The van der Waals surface area contributed by atoms with E-state index in [-0.39, 0.29) is 43.4 Å². The Labute approximate surface area is 137 Å². The molecule has 0 atom stereocenters. The monoisotopic (exact) mass is 355 g/mol. The molecule has 0 aliphatic heterocycles. The molecule has 2 rings (SSSR count). The Hall–Kier alpha value is -0.596. The average molecular weight is 355 g/mol. The van der Waals surface area contributed by atoms with E-state index in [1.165, 1.54) is 18.3 Å². The number of hydrogen-bond donors (Lipinski definition) is 1. The summed E-state index contributed by atoms with van der Waals surface area (Å²) >= 11 is 0. The molecule has 0 aliphatic rings. The molecule has 1 heterocycles. The zero-order valence-corrected chi connectivity index (χ0v) is 14.3. The second kappa shape index (κ2) is 7.86. The summed E-state index contributed by atoms with van der Waals surface area (Å²) in [7, 11) is -0.480. The van der Waals surface area contributed by atoms with Crippen LogP contribution in [0.15, 0.2) is 35.4 Å². The quantitative estimate of drug-likeness (QED) is 0.845. The maximum atomic E-state index is 11.2. The molecule has 1 radical (unpaired) electrons. The third kappa shape index (κ3) is 4.78. The smallest absolute Gasteiger partial charge is 0.131 e. The van der Waals surface area contributed by atoms with Crippen LogP contribution in [-0.4, -0.2) is 27.5 Å². The van der Waals surface area contributed by atoms with Crippen LogP contribution in [0, 0.1) is 0 Å². The molecule has 0 saturated carbocycles. The van der Waals surface area contributed by atoms with E-state index in [0.717, 1.165) is 0 Å². The van der Waals surface area contributed by atoms with Gasteiger partial charge in [0.15, 0.2) is 0 Å². The van der Waals surface area contributed by atoms with Gasteiger partial charge in [0.2, 0.25) is 0 Å². The van der Waals surface area contributed by atoms with Crippen LogP contribution in [0.3, 0.4) is 0 Å². The van der Waals surface area contributed by atoms with Crippen molar-refractivity contribution in [3.63, 3.8) is 0 Å². The standard InChI is InChI=1S/C9H8N3O2S.C2H6N.Y/c10-9-7-2-1-3-8(15(11,13)14)6(7)4-5-12-9;1-3-2;/h1-5H,(H3-,10,11,12,13,14);1-2H3;/q2*-1;. The average Bonchev–Trinajstić information content (AvgIpc) is 2.29. The van der Waals surface area contributed by atoms with Crippen LogP contribution in [0.5, 0.6) is 0 Å².